The number of benzene rings is 3. The van der Waals surface area contributed by atoms with Gasteiger partial charge in [0.2, 0.25) is 5.16 Å². The lowest BCUT2D eigenvalue weighted by atomic mass is 9.84. The van der Waals surface area contributed by atoms with Crippen LogP contribution in [-0.2, 0) is 11.2 Å². The molecule has 4 rings (SSSR count). The molecule has 3 nitrogen and oxygen atoms in total. The Bertz CT molecular complexity index is 885. The highest BCUT2D eigenvalue weighted by atomic mass is 32.2. The minimum absolute atomic E-state index is 0.434. The minimum Gasteiger partial charge on any atom is -0.262 e. The van der Waals surface area contributed by atoms with E-state index in [1.54, 1.807) is 11.8 Å². The van der Waals surface area contributed by atoms with E-state index < -0.39 is 4.75 Å². The second kappa shape index (κ2) is 7.80. The summed E-state index contributed by atoms with van der Waals surface area (Å²) >= 11 is 1.68. The Kier molecular flexibility index (Phi) is 5.07. The molecule has 0 saturated carbocycles. The lowest BCUT2D eigenvalue weighted by molar-refractivity contribution is 0.873. The number of thioether (sulfide) groups is 1. The van der Waals surface area contributed by atoms with Crippen molar-refractivity contribution in [2.75, 3.05) is 0 Å². The number of aryl methyl sites for hydroxylation is 1. The van der Waals surface area contributed by atoms with Crippen LogP contribution < -0.4 is 0 Å². The molecular weight excluding hydrogens is 350 g/mol. The Labute approximate surface area is 163 Å². The molecule has 1 N–H and O–H groups in total. The van der Waals surface area contributed by atoms with Gasteiger partial charge in [0, 0.05) is 6.42 Å². The Balaban J connectivity index is 1.97. The van der Waals surface area contributed by atoms with Crippen molar-refractivity contribution in [1.29, 1.82) is 0 Å². The van der Waals surface area contributed by atoms with Crippen molar-refractivity contribution in [3.8, 4) is 0 Å². The Morgan fingerprint density at radius 1 is 0.741 bits per heavy atom. The van der Waals surface area contributed by atoms with E-state index in [1.807, 2.05) is 0 Å². The summed E-state index contributed by atoms with van der Waals surface area (Å²) in [6.45, 7) is 2.08. The van der Waals surface area contributed by atoms with Gasteiger partial charge in [-0.15, -0.1) is 5.10 Å². The van der Waals surface area contributed by atoms with Gasteiger partial charge in [-0.2, -0.15) is 0 Å². The van der Waals surface area contributed by atoms with Gasteiger partial charge in [-0.3, -0.25) is 5.10 Å². The van der Waals surface area contributed by atoms with Crippen molar-refractivity contribution >= 4 is 11.8 Å². The lowest BCUT2D eigenvalue weighted by Gasteiger charge is -2.34. The summed E-state index contributed by atoms with van der Waals surface area (Å²) in [5, 5.41) is 8.28. The Hall–Kier alpha value is -2.85. The first-order valence-electron chi connectivity index (χ1n) is 9.10. The first-order valence-corrected chi connectivity index (χ1v) is 9.91. The first-order chi connectivity index (χ1) is 13.3. The molecule has 0 bridgehead atoms. The maximum atomic E-state index is 4.69. The fourth-order valence-electron chi connectivity index (χ4n) is 3.31. The largest absolute Gasteiger partial charge is 0.262 e. The van der Waals surface area contributed by atoms with Crippen LogP contribution in [0.15, 0.2) is 96.2 Å². The lowest BCUT2D eigenvalue weighted by Crippen LogP contribution is -2.25. The normalized spacial score (nSPS) is 11.4. The average Bonchev–Trinajstić information content (AvgIpc) is 3.21. The van der Waals surface area contributed by atoms with E-state index in [-0.39, 0.29) is 0 Å². The molecule has 0 radical (unpaired) electrons. The van der Waals surface area contributed by atoms with Crippen molar-refractivity contribution in [1.82, 2.24) is 15.2 Å². The number of rotatable bonds is 6. The predicted octanol–water partition coefficient (Wildman–Crippen LogP) is 5.45. The zero-order chi connectivity index (χ0) is 18.5. The molecule has 3 aromatic carbocycles. The van der Waals surface area contributed by atoms with Crippen LogP contribution in [0.1, 0.15) is 29.4 Å². The molecule has 0 spiro atoms. The summed E-state index contributed by atoms with van der Waals surface area (Å²) in [6.07, 6.45) is 0.836. The SMILES string of the molecule is CCc1nc(SC(c2ccccc2)(c2ccccc2)c2ccccc2)n[nH]1. The van der Waals surface area contributed by atoms with E-state index in [1.165, 1.54) is 16.7 Å². The van der Waals surface area contributed by atoms with Gasteiger partial charge >= 0.3 is 0 Å². The van der Waals surface area contributed by atoms with Crippen LogP contribution in [0, 0.1) is 0 Å². The summed E-state index contributed by atoms with van der Waals surface area (Å²) in [4.78, 5) is 4.69. The molecular formula is C23H21N3S. The second-order valence-electron chi connectivity index (χ2n) is 6.30. The van der Waals surface area contributed by atoms with Crippen LogP contribution in [0.2, 0.25) is 0 Å². The molecule has 0 aliphatic carbocycles. The number of nitrogens with zero attached hydrogens (tertiary/aromatic N) is 2. The molecule has 1 aromatic heterocycles. The summed E-state index contributed by atoms with van der Waals surface area (Å²) in [5.74, 6) is 0.903. The van der Waals surface area contributed by atoms with Gasteiger partial charge < -0.3 is 0 Å². The fourth-order valence-corrected chi connectivity index (χ4v) is 4.60. The van der Waals surface area contributed by atoms with Gasteiger partial charge in [0.05, 0.1) is 4.75 Å². The number of H-pyrrole nitrogens is 1. The standard InChI is InChI=1S/C23H21N3S/c1-2-21-24-22(26-25-21)27-23(18-12-6-3-7-13-18,19-14-8-4-9-15-19)20-16-10-5-11-17-20/h3-17H,2H2,1H3,(H,24,25,26). The van der Waals surface area contributed by atoms with Crippen LogP contribution in [0.5, 0.6) is 0 Å². The van der Waals surface area contributed by atoms with Crippen LogP contribution in [-0.4, -0.2) is 15.2 Å². The zero-order valence-corrected chi connectivity index (χ0v) is 16.0. The van der Waals surface area contributed by atoms with Gasteiger partial charge in [-0.25, -0.2) is 4.98 Å². The van der Waals surface area contributed by atoms with E-state index in [4.69, 9.17) is 0 Å². The van der Waals surface area contributed by atoms with Gasteiger partial charge in [0.25, 0.3) is 0 Å². The third-order valence-corrected chi connectivity index (χ3v) is 6.01. The molecule has 0 saturated heterocycles. The number of aromatic amines is 1. The fraction of sp³-hybridized carbons (Fsp3) is 0.130. The predicted molar refractivity (Wildman–Crippen MR) is 111 cm³/mol. The number of aromatic nitrogens is 3. The maximum absolute atomic E-state index is 4.69. The second-order valence-corrected chi connectivity index (χ2v) is 7.48. The highest BCUT2D eigenvalue weighted by Gasteiger charge is 2.38. The van der Waals surface area contributed by atoms with Gasteiger partial charge in [-0.1, -0.05) is 110 Å². The van der Waals surface area contributed by atoms with Crippen LogP contribution in [0.4, 0.5) is 0 Å². The average molecular weight is 372 g/mol. The topological polar surface area (TPSA) is 41.6 Å². The van der Waals surface area contributed by atoms with Crippen LogP contribution in [0.25, 0.3) is 0 Å². The number of nitrogens with one attached hydrogen (secondary N) is 1. The zero-order valence-electron chi connectivity index (χ0n) is 15.2. The summed E-state index contributed by atoms with van der Waals surface area (Å²) in [7, 11) is 0. The maximum Gasteiger partial charge on any atom is 0.209 e. The van der Waals surface area contributed by atoms with E-state index >= 15 is 0 Å². The van der Waals surface area contributed by atoms with Crippen LogP contribution in [0.3, 0.4) is 0 Å². The molecule has 0 aliphatic heterocycles. The van der Waals surface area contributed by atoms with E-state index in [0.29, 0.717) is 0 Å². The van der Waals surface area contributed by atoms with E-state index in [0.717, 1.165) is 17.4 Å². The van der Waals surface area contributed by atoms with E-state index in [2.05, 4.69) is 113 Å². The first kappa shape index (κ1) is 17.6. The molecule has 0 atom stereocenters. The molecule has 1 heterocycles. The van der Waals surface area contributed by atoms with Crippen molar-refractivity contribution in [2.45, 2.75) is 23.2 Å². The highest BCUT2D eigenvalue weighted by Crippen LogP contribution is 2.50. The van der Waals surface area contributed by atoms with Gasteiger partial charge in [-0.05, 0) is 16.7 Å². The van der Waals surface area contributed by atoms with Crippen molar-refractivity contribution < 1.29 is 0 Å². The summed E-state index contributed by atoms with van der Waals surface area (Å²) in [6, 6.07) is 31.8. The van der Waals surface area contributed by atoms with Crippen molar-refractivity contribution in [3.63, 3.8) is 0 Å². The van der Waals surface area contributed by atoms with E-state index in [9.17, 15) is 0 Å². The Morgan fingerprint density at radius 3 is 1.56 bits per heavy atom. The highest BCUT2D eigenvalue weighted by molar-refractivity contribution is 8.00. The minimum atomic E-state index is -0.434. The molecule has 0 unspecified atom stereocenters. The number of hydrogen-bond acceptors (Lipinski definition) is 3. The monoisotopic (exact) mass is 371 g/mol. The summed E-state index contributed by atoms with van der Waals surface area (Å²) in [5.41, 5.74) is 3.61. The molecule has 134 valence electrons. The van der Waals surface area contributed by atoms with Crippen molar-refractivity contribution in [2.24, 2.45) is 0 Å². The van der Waals surface area contributed by atoms with Gasteiger partial charge in [0.15, 0.2) is 0 Å². The Morgan fingerprint density at radius 2 is 1.19 bits per heavy atom. The molecule has 0 fully saturated rings. The third-order valence-electron chi connectivity index (χ3n) is 4.63. The molecule has 4 aromatic rings. The van der Waals surface area contributed by atoms with Crippen LogP contribution >= 0.6 is 11.8 Å². The summed E-state index contributed by atoms with van der Waals surface area (Å²) < 4.78 is -0.434. The van der Waals surface area contributed by atoms with Gasteiger partial charge in [0.1, 0.15) is 5.82 Å². The molecule has 27 heavy (non-hydrogen) atoms. The van der Waals surface area contributed by atoms with Crippen molar-refractivity contribution in [3.05, 3.63) is 114 Å². The third kappa shape index (κ3) is 3.40. The molecule has 4 heteroatoms. The number of hydrogen-bond donors (Lipinski definition) is 1. The smallest absolute Gasteiger partial charge is 0.209 e. The molecule has 0 aliphatic rings. The molecule has 0 amide bonds. The quantitative estimate of drug-likeness (QED) is 0.362.